The van der Waals surface area contributed by atoms with E-state index in [1.807, 2.05) is 0 Å². The van der Waals surface area contributed by atoms with Crippen molar-refractivity contribution < 1.29 is 4.74 Å². The van der Waals surface area contributed by atoms with Crippen LogP contribution in [0, 0.1) is 0 Å². The van der Waals surface area contributed by atoms with Crippen LogP contribution in [0.5, 0.6) is 0 Å². The summed E-state index contributed by atoms with van der Waals surface area (Å²) in [7, 11) is 3.49. The average molecular weight is 433 g/mol. The lowest BCUT2D eigenvalue weighted by Crippen LogP contribution is -2.44. The van der Waals surface area contributed by atoms with Gasteiger partial charge in [0.15, 0.2) is 5.96 Å². The van der Waals surface area contributed by atoms with E-state index in [1.54, 1.807) is 14.2 Å². The minimum Gasteiger partial charge on any atom is -0.383 e. The highest BCUT2D eigenvalue weighted by atomic mass is 127. The summed E-state index contributed by atoms with van der Waals surface area (Å²) >= 11 is 0. The topological polar surface area (TPSA) is 45.7 Å². The van der Waals surface area contributed by atoms with Gasteiger partial charge in [-0.05, 0) is 29.9 Å². The third-order valence-corrected chi connectivity index (χ3v) is 3.55. The van der Waals surface area contributed by atoms with Crippen molar-refractivity contribution in [2.24, 2.45) is 4.99 Å². The fourth-order valence-corrected chi connectivity index (χ4v) is 2.22. The second-order valence-corrected chi connectivity index (χ2v) is 6.70. The van der Waals surface area contributed by atoms with Crippen LogP contribution in [0.4, 0.5) is 0 Å². The molecule has 1 aromatic carbocycles. The fraction of sp³-hybridized carbons (Fsp3) is 0.611. The minimum absolute atomic E-state index is 0. The lowest BCUT2D eigenvalue weighted by atomic mass is 9.86. The summed E-state index contributed by atoms with van der Waals surface area (Å²) in [5.74, 6) is 0.816. The number of aliphatic imine (C=N–C) groups is 1. The second-order valence-electron chi connectivity index (χ2n) is 6.70. The van der Waals surface area contributed by atoms with Gasteiger partial charge in [-0.3, -0.25) is 4.99 Å². The Hall–Kier alpha value is -0.820. The molecule has 0 fully saturated rings. The largest absolute Gasteiger partial charge is 0.383 e. The number of hydrogen-bond donors (Lipinski definition) is 2. The van der Waals surface area contributed by atoms with E-state index in [1.165, 1.54) is 11.1 Å². The number of halogens is 1. The van der Waals surface area contributed by atoms with Gasteiger partial charge in [0, 0.05) is 26.7 Å². The van der Waals surface area contributed by atoms with E-state index in [0.717, 1.165) is 18.9 Å². The van der Waals surface area contributed by atoms with E-state index in [0.29, 0.717) is 6.61 Å². The van der Waals surface area contributed by atoms with Crippen molar-refractivity contribution in [2.75, 3.05) is 27.3 Å². The molecule has 1 rings (SSSR count). The molecule has 1 atom stereocenters. The van der Waals surface area contributed by atoms with Gasteiger partial charge in [-0.15, -0.1) is 24.0 Å². The van der Waals surface area contributed by atoms with Gasteiger partial charge in [0.05, 0.1) is 6.61 Å². The van der Waals surface area contributed by atoms with Gasteiger partial charge < -0.3 is 15.4 Å². The maximum absolute atomic E-state index is 5.12. The normalized spacial score (nSPS) is 13.2. The minimum atomic E-state index is 0. The van der Waals surface area contributed by atoms with Crippen LogP contribution in [0.3, 0.4) is 0 Å². The summed E-state index contributed by atoms with van der Waals surface area (Å²) in [6, 6.07) is 9.12. The number of methoxy groups -OCH3 is 1. The maximum Gasteiger partial charge on any atom is 0.191 e. The fourth-order valence-electron chi connectivity index (χ4n) is 2.22. The van der Waals surface area contributed by atoms with Crippen molar-refractivity contribution in [2.45, 2.75) is 45.6 Å². The van der Waals surface area contributed by atoms with E-state index >= 15 is 0 Å². The molecule has 0 saturated carbocycles. The molecule has 0 spiro atoms. The maximum atomic E-state index is 5.12. The number of benzene rings is 1. The first-order valence-corrected chi connectivity index (χ1v) is 7.92. The van der Waals surface area contributed by atoms with Crippen molar-refractivity contribution in [3.8, 4) is 0 Å². The summed E-state index contributed by atoms with van der Waals surface area (Å²) in [5.41, 5.74) is 2.91. The van der Waals surface area contributed by atoms with Gasteiger partial charge in [0.1, 0.15) is 0 Å². The standard InChI is InChI=1S/C18H31N3O.HI/c1-14(13-22-6)21-17(19-5)20-12-11-15-7-9-16(10-8-15)18(2,3)4;/h7-10,14H,11-13H2,1-6H3,(H2,19,20,21);1H. The predicted molar refractivity (Wildman–Crippen MR) is 110 cm³/mol. The lowest BCUT2D eigenvalue weighted by molar-refractivity contribution is 0.179. The lowest BCUT2D eigenvalue weighted by Gasteiger charge is -2.19. The molecule has 0 aliphatic heterocycles. The van der Waals surface area contributed by atoms with Gasteiger partial charge in [-0.2, -0.15) is 0 Å². The highest BCUT2D eigenvalue weighted by Crippen LogP contribution is 2.22. The molecule has 0 bridgehead atoms. The Kier molecular flexibility index (Phi) is 10.5. The zero-order valence-electron chi connectivity index (χ0n) is 15.3. The van der Waals surface area contributed by atoms with E-state index in [2.05, 4.69) is 67.6 Å². The monoisotopic (exact) mass is 433 g/mol. The number of rotatable bonds is 6. The zero-order valence-corrected chi connectivity index (χ0v) is 17.6. The Bertz CT molecular complexity index is 466. The first kappa shape index (κ1) is 22.2. The van der Waals surface area contributed by atoms with Crippen LogP contribution in [0.1, 0.15) is 38.8 Å². The number of hydrogen-bond acceptors (Lipinski definition) is 2. The summed E-state index contributed by atoms with van der Waals surface area (Å²) in [5, 5.41) is 6.63. The first-order valence-electron chi connectivity index (χ1n) is 7.92. The van der Waals surface area contributed by atoms with Crippen LogP contribution in [0.2, 0.25) is 0 Å². The van der Waals surface area contributed by atoms with Crippen LogP contribution in [-0.2, 0) is 16.6 Å². The predicted octanol–water partition coefficient (Wildman–Crippen LogP) is 3.34. The second kappa shape index (κ2) is 10.9. The summed E-state index contributed by atoms with van der Waals surface area (Å²) in [6.07, 6.45) is 0.976. The van der Waals surface area contributed by atoms with Crippen molar-refractivity contribution in [3.05, 3.63) is 35.4 Å². The Morgan fingerprint density at radius 2 is 1.83 bits per heavy atom. The van der Waals surface area contributed by atoms with Crippen LogP contribution < -0.4 is 10.6 Å². The number of ether oxygens (including phenoxy) is 1. The van der Waals surface area contributed by atoms with Gasteiger partial charge >= 0.3 is 0 Å². The Morgan fingerprint density at radius 3 is 2.30 bits per heavy atom. The summed E-state index contributed by atoms with van der Waals surface area (Å²) < 4.78 is 5.12. The molecule has 0 radical (unpaired) electrons. The molecule has 0 heterocycles. The highest BCUT2D eigenvalue weighted by Gasteiger charge is 2.12. The number of nitrogens with zero attached hydrogens (tertiary/aromatic N) is 1. The molecule has 0 saturated heterocycles. The third kappa shape index (κ3) is 8.55. The Morgan fingerprint density at radius 1 is 1.22 bits per heavy atom. The molecule has 2 N–H and O–H groups in total. The first-order chi connectivity index (χ1) is 10.4. The van der Waals surface area contributed by atoms with Crippen molar-refractivity contribution >= 4 is 29.9 Å². The molecule has 1 unspecified atom stereocenters. The van der Waals surface area contributed by atoms with Gasteiger partial charge in [-0.1, -0.05) is 45.0 Å². The number of nitrogens with one attached hydrogen (secondary N) is 2. The van der Waals surface area contributed by atoms with E-state index in [4.69, 9.17) is 4.74 Å². The average Bonchev–Trinajstić information content (AvgIpc) is 2.46. The molecule has 1 aromatic rings. The summed E-state index contributed by atoms with van der Waals surface area (Å²) in [6.45, 7) is 10.3. The van der Waals surface area contributed by atoms with E-state index < -0.39 is 0 Å². The molecule has 0 aliphatic rings. The summed E-state index contributed by atoms with van der Waals surface area (Å²) in [4.78, 5) is 4.23. The van der Waals surface area contributed by atoms with Crippen LogP contribution in [0.15, 0.2) is 29.3 Å². The molecule has 0 aliphatic carbocycles. The molecule has 0 aromatic heterocycles. The molecule has 4 nitrogen and oxygen atoms in total. The highest BCUT2D eigenvalue weighted by molar-refractivity contribution is 14.0. The van der Waals surface area contributed by atoms with Gasteiger partial charge in [0.2, 0.25) is 0 Å². The van der Waals surface area contributed by atoms with Gasteiger partial charge in [-0.25, -0.2) is 0 Å². The van der Waals surface area contributed by atoms with E-state index in [9.17, 15) is 0 Å². The SMILES string of the molecule is CN=C(NCCc1ccc(C(C)(C)C)cc1)NC(C)COC.I. The Labute approximate surface area is 158 Å². The van der Waals surface area contributed by atoms with Crippen molar-refractivity contribution in [1.29, 1.82) is 0 Å². The molecule has 23 heavy (non-hydrogen) atoms. The van der Waals surface area contributed by atoms with Crippen LogP contribution in [0.25, 0.3) is 0 Å². The van der Waals surface area contributed by atoms with Crippen LogP contribution >= 0.6 is 24.0 Å². The van der Waals surface area contributed by atoms with E-state index in [-0.39, 0.29) is 35.4 Å². The molecule has 0 amide bonds. The zero-order chi connectivity index (χ0) is 16.6. The third-order valence-electron chi connectivity index (χ3n) is 3.55. The molecule has 132 valence electrons. The molecular formula is C18H32IN3O. The molecule has 5 heteroatoms. The number of guanidine groups is 1. The van der Waals surface area contributed by atoms with Crippen LogP contribution in [-0.4, -0.2) is 39.3 Å². The van der Waals surface area contributed by atoms with Gasteiger partial charge in [0.25, 0.3) is 0 Å². The Balaban J connectivity index is 0.00000484. The smallest absolute Gasteiger partial charge is 0.191 e. The van der Waals surface area contributed by atoms with Crippen molar-refractivity contribution in [1.82, 2.24) is 10.6 Å². The quantitative estimate of drug-likeness (QED) is 0.411. The molecular weight excluding hydrogens is 401 g/mol. The van der Waals surface area contributed by atoms with Crippen molar-refractivity contribution in [3.63, 3.8) is 0 Å².